The van der Waals surface area contributed by atoms with Gasteiger partial charge in [-0.25, -0.2) is 9.78 Å². The monoisotopic (exact) mass is 260 g/mol. The summed E-state index contributed by atoms with van der Waals surface area (Å²) in [5.74, 6) is -1.48. The van der Waals surface area contributed by atoms with Crippen LogP contribution in [0.25, 0.3) is 11.4 Å². The van der Waals surface area contributed by atoms with E-state index in [-0.39, 0.29) is 12.1 Å². The first-order valence-corrected chi connectivity index (χ1v) is 5.55. The van der Waals surface area contributed by atoms with Gasteiger partial charge in [0, 0.05) is 12.6 Å². The fourth-order valence-corrected chi connectivity index (χ4v) is 1.87. The van der Waals surface area contributed by atoms with E-state index in [0.717, 1.165) is 0 Å². The molecule has 0 aliphatic carbocycles. The van der Waals surface area contributed by atoms with Gasteiger partial charge in [-0.1, -0.05) is 18.2 Å². The topological polar surface area (TPSA) is 92.4 Å². The van der Waals surface area contributed by atoms with Crippen molar-refractivity contribution in [2.24, 2.45) is 7.05 Å². The van der Waals surface area contributed by atoms with Crippen LogP contribution in [0.1, 0.15) is 16.1 Å². The highest BCUT2D eigenvalue weighted by atomic mass is 16.4. The zero-order chi connectivity index (χ0) is 14.0. The van der Waals surface area contributed by atoms with Crippen molar-refractivity contribution in [1.82, 2.24) is 9.55 Å². The van der Waals surface area contributed by atoms with Crippen LogP contribution in [-0.4, -0.2) is 31.7 Å². The number of benzene rings is 1. The Morgan fingerprint density at radius 1 is 1.32 bits per heavy atom. The van der Waals surface area contributed by atoms with E-state index in [0.29, 0.717) is 17.0 Å². The third-order valence-corrected chi connectivity index (χ3v) is 2.75. The number of hydrogen-bond donors (Lipinski definition) is 2. The third kappa shape index (κ3) is 2.62. The molecule has 6 heteroatoms. The number of hydrogen-bond acceptors (Lipinski definition) is 3. The Balaban J connectivity index is 2.42. The molecule has 98 valence electrons. The zero-order valence-electron chi connectivity index (χ0n) is 10.2. The molecule has 0 saturated heterocycles. The van der Waals surface area contributed by atoms with Crippen molar-refractivity contribution in [2.75, 3.05) is 0 Å². The van der Waals surface area contributed by atoms with Gasteiger partial charge in [0.25, 0.3) is 0 Å². The maximum atomic E-state index is 10.9. The second kappa shape index (κ2) is 4.93. The van der Waals surface area contributed by atoms with Crippen molar-refractivity contribution in [3.8, 4) is 11.4 Å². The quantitative estimate of drug-likeness (QED) is 0.867. The number of carboxylic acids is 2. The molecular weight excluding hydrogens is 248 g/mol. The second-order valence-corrected chi connectivity index (χ2v) is 4.10. The molecule has 0 spiro atoms. The minimum atomic E-state index is -1.05. The maximum Gasteiger partial charge on any atom is 0.354 e. The average molecular weight is 260 g/mol. The van der Waals surface area contributed by atoms with E-state index in [2.05, 4.69) is 4.98 Å². The molecule has 19 heavy (non-hydrogen) atoms. The summed E-state index contributed by atoms with van der Waals surface area (Å²) in [6, 6.07) is 6.89. The first-order valence-electron chi connectivity index (χ1n) is 5.55. The van der Waals surface area contributed by atoms with Gasteiger partial charge in [0.2, 0.25) is 0 Å². The lowest BCUT2D eigenvalue weighted by Gasteiger charge is -2.05. The molecule has 2 aromatic rings. The van der Waals surface area contributed by atoms with Crippen LogP contribution in [0.15, 0.2) is 30.5 Å². The minimum Gasteiger partial charge on any atom is -0.481 e. The first-order chi connectivity index (χ1) is 8.99. The molecule has 1 aromatic heterocycles. The van der Waals surface area contributed by atoms with Gasteiger partial charge >= 0.3 is 11.9 Å². The van der Waals surface area contributed by atoms with Gasteiger partial charge in [-0.3, -0.25) is 4.79 Å². The van der Waals surface area contributed by atoms with Gasteiger partial charge in [-0.05, 0) is 11.6 Å². The maximum absolute atomic E-state index is 10.9. The molecule has 2 N–H and O–H groups in total. The number of nitrogens with zero attached hydrogens (tertiary/aromatic N) is 2. The van der Waals surface area contributed by atoms with E-state index >= 15 is 0 Å². The molecule has 0 saturated carbocycles. The van der Waals surface area contributed by atoms with Crippen molar-refractivity contribution >= 4 is 11.9 Å². The second-order valence-electron chi connectivity index (χ2n) is 4.10. The zero-order valence-corrected chi connectivity index (χ0v) is 10.2. The fraction of sp³-hybridized carbons (Fsp3) is 0.154. The highest BCUT2D eigenvalue weighted by Crippen LogP contribution is 2.20. The number of carbonyl (C=O) groups is 2. The predicted octanol–water partition coefficient (Wildman–Crippen LogP) is 1.41. The van der Waals surface area contributed by atoms with E-state index in [9.17, 15) is 9.59 Å². The summed E-state index contributed by atoms with van der Waals surface area (Å²) in [5, 5.41) is 17.7. The van der Waals surface area contributed by atoms with Gasteiger partial charge in [0.1, 0.15) is 11.5 Å². The van der Waals surface area contributed by atoms with Crippen molar-refractivity contribution < 1.29 is 19.8 Å². The molecule has 0 fully saturated rings. The summed E-state index contributed by atoms with van der Waals surface area (Å²) in [6.45, 7) is 0. The summed E-state index contributed by atoms with van der Waals surface area (Å²) in [5.41, 5.74) is 1.41. The predicted molar refractivity (Wildman–Crippen MR) is 66.9 cm³/mol. The van der Waals surface area contributed by atoms with Gasteiger partial charge < -0.3 is 14.8 Å². The Labute approximate surface area is 108 Å². The highest BCUT2D eigenvalue weighted by Gasteiger charge is 2.14. The van der Waals surface area contributed by atoms with Crippen LogP contribution in [0.3, 0.4) is 0 Å². The Kier molecular flexibility index (Phi) is 3.33. The first kappa shape index (κ1) is 12.8. The smallest absolute Gasteiger partial charge is 0.354 e. The van der Waals surface area contributed by atoms with Gasteiger partial charge in [-0.15, -0.1) is 0 Å². The van der Waals surface area contributed by atoms with Crippen LogP contribution in [0.5, 0.6) is 0 Å². The molecule has 0 aliphatic heterocycles. The molecular formula is C13H12N2O4. The molecule has 0 bridgehead atoms. The highest BCUT2D eigenvalue weighted by molar-refractivity contribution is 5.86. The number of aliphatic carboxylic acids is 1. The number of aromatic carboxylic acids is 1. The lowest BCUT2D eigenvalue weighted by Crippen LogP contribution is -2.05. The molecule has 0 unspecified atom stereocenters. The van der Waals surface area contributed by atoms with Crippen LogP contribution < -0.4 is 0 Å². The van der Waals surface area contributed by atoms with Gasteiger partial charge in [-0.2, -0.15) is 0 Å². The van der Waals surface area contributed by atoms with Crippen LogP contribution in [0, 0.1) is 0 Å². The van der Waals surface area contributed by atoms with E-state index < -0.39 is 11.9 Å². The molecule has 6 nitrogen and oxygen atoms in total. The number of imidazole rings is 1. The van der Waals surface area contributed by atoms with Crippen LogP contribution in [0.2, 0.25) is 0 Å². The standard InChI is InChI=1S/C13H12N2O4/c1-15-10(13(18)19)7-14-12(15)9-4-2-3-8(5-9)6-11(16)17/h2-5,7H,6H2,1H3,(H,16,17)(H,18,19). The van der Waals surface area contributed by atoms with Crippen LogP contribution in [-0.2, 0) is 18.3 Å². The number of carboxylic acid groups (broad SMARTS) is 2. The Hall–Kier alpha value is -2.63. The summed E-state index contributed by atoms with van der Waals surface area (Å²) in [4.78, 5) is 25.7. The Morgan fingerprint density at radius 2 is 2.05 bits per heavy atom. The van der Waals surface area contributed by atoms with Crippen LogP contribution in [0.4, 0.5) is 0 Å². The summed E-state index contributed by atoms with van der Waals surface area (Å²) >= 11 is 0. The minimum absolute atomic E-state index is 0.0793. The lowest BCUT2D eigenvalue weighted by molar-refractivity contribution is -0.136. The molecule has 1 heterocycles. The number of aromatic nitrogens is 2. The van der Waals surface area contributed by atoms with Crippen molar-refractivity contribution in [3.05, 3.63) is 41.7 Å². The Morgan fingerprint density at radius 3 is 2.63 bits per heavy atom. The van der Waals surface area contributed by atoms with Gasteiger partial charge in [0.05, 0.1) is 12.6 Å². The molecule has 2 rings (SSSR count). The SMILES string of the molecule is Cn1c(C(=O)O)cnc1-c1cccc(CC(=O)O)c1. The molecule has 1 aromatic carbocycles. The normalized spacial score (nSPS) is 10.4. The average Bonchev–Trinajstić information content (AvgIpc) is 2.70. The summed E-state index contributed by atoms with van der Waals surface area (Å²) < 4.78 is 1.46. The van der Waals surface area contributed by atoms with Crippen molar-refractivity contribution in [3.63, 3.8) is 0 Å². The van der Waals surface area contributed by atoms with Crippen LogP contribution >= 0.6 is 0 Å². The molecule has 0 amide bonds. The molecule has 0 atom stereocenters. The third-order valence-electron chi connectivity index (χ3n) is 2.75. The largest absolute Gasteiger partial charge is 0.481 e. The van der Waals surface area contributed by atoms with E-state index in [1.54, 1.807) is 31.3 Å². The summed E-state index contributed by atoms with van der Waals surface area (Å²) in [7, 11) is 1.61. The Bertz CT molecular complexity index is 646. The van der Waals surface area contributed by atoms with E-state index in [4.69, 9.17) is 10.2 Å². The summed E-state index contributed by atoms with van der Waals surface area (Å²) in [6.07, 6.45) is 1.20. The van der Waals surface area contributed by atoms with Crippen molar-refractivity contribution in [1.29, 1.82) is 0 Å². The fourth-order valence-electron chi connectivity index (χ4n) is 1.87. The molecule has 0 aliphatic rings. The number of rotatable bonds is 4. The van der Waals surface area contributed by atoms with E-state index in [1.807, 2.05) is 0 Å². The van der Waals surface area contributed by atoms with Crippen molar-refractivity contribution in [2.45, 2.75) is 6.42 Å². The van der Waals surface area contributed by atoms with Gasteiger partial charge in [0.15, 0.2) is 0 Å². The lowest BCUT2D eigenvalue weighted by atomic mass is 10.1. The molecule has 0 radical (unpaired) electrons. The van der Waals surface area contributed by atoms with E-state index in [1.165, 1.54) is 10.8 Å².